The third-order valence-corrected chi connectivity index (χ3v) is 5.76. The number of amides is 2. The van der Waals surface area contributed by atoms with Gasteiger partial charge in [-0.1, -0.05) is 53.7 Å². The molecule has 154 valence electrons. The van der Waals surface area contributed by atoms with Gasteiger partial charge in [-0.15, -0.1) is 0 Å². The van der Waals surface area contributed by atoms with E-state index >= 15 is 0 Å². The highest BCUT2D eigenvalue weighted by atomic mass is 79.9. The standard InChI is InChI=1S/C20H22BrN3O4S/c1-11(2)9-23-15(25)10-29-19-14(8-22)16(12-5-4-6-13(21)7-12)17(18(26)24-19)20(27)28-3/h4-7,11,16-17H,9-10H2,1-3H3,(H,23,25)(H,24,26)/t16-,17-/m0/s1. The van der Waals surface area contributed by atoms with Crippen molar-refractivity contribution in [2.75, 3.05) is 19.4 Å². The lowest BCUT2D eigenvalue weighted by atomic mass is 9.78. The van der Waals surface area contributed by atoms with E-state index in [0.29, 0.717) is 18.0 Å². The first-order valence-electron chi connectivity index (χ1n) is 8.96. The number of carbonyl (C=O) groups is 3. The molecule has 0 aromatic heterocycles. The van der Waals surface area contributed by atoms with Gasteiger partial charge in [0.05, 0.1) is 29.5 Å². The van der Waals surface area contributed by atoms with E-state index in [1.807, 2.05) is 19.9 Å². The minimum Gasteiger partial charge on any atom is -0.468 e. The second-order valence-corrected chi connectivity index (χ2v) is 8.77. The SMILES string of the molecule is COC(=O)[C@@H]1C(=O)NC(SCC(=O)NCC(C)C)=C(C#N)[C@@H]1c1cccc(Br)c1. The van der Waals surface area contributed by atoms with Crippen LogP contribution in [0.15, 0.2) is 39.3 Å². The van der Waals surface area contributed by atoms with E-state index in [2.05, 4.69) is 32.6 Å². The quantitative estimate of drug-likeness (QED) is 0.459. The first-order chi connectivity index (χ1) is 13.8. The number of allylic oxidation sites excluding steroid dienone is 1. The van der Waals surface area contributed by atoms with Crippen LogP contribution in [-0.2, 0) is 19.1 Å². The molecule has 0 saturated heterocycles. The molecule has 0 unspecified atom stereocenters. The van der Waals surface area contributed by atoms with E-state index in [9.17, 15) is 19.6 Å². The smallest absolute Gasteiger partial charge is 0.319 e. The summed E-state index contributed by atoms with van der Waals surface area (Å²) in [7, 11) is 1.20. The fourth-order valence-electron chi connectivity index (χ4n) is 2.89. The number of nitrogens with zero attached hydrogens (tertiary/aromatic N) is 1. The summed E-state index contributed by atoms with van der Waals surface area (Å²) in [5, 5.41) is 15.5. The topological polar surface area (TPSA) is 108 Å². The van der Waals surface area contributed by atoms with Gasteiger partial charge in [-0.3, -0.25) is 14.4 Å². The Bertz CT molecular complexity index is 879. The zero-order chi connectivity index (χ0) is 21.6. The Kier molecular flexibility index (Phi) is 8.29. The molecule has 9 heteroatoms. The molecule has 0 bridgehead atoms. The van der Waals surface area contributed by atoms with E-state index < -0.39 is 23.7 Å². The number of hydrogen-bond acceptors (Lipinski definition) is 6. The molecule has 0 fully saturated rings. The van der Waals surface area contributed by atoms with Gasteiger partial charge in [-0.05, 0) is 23.6 Å². The van der Waals surface area contributed by atoms with Crippen molar-refractivity contribution in [1.29, 1.82) is 5.26 Å². The van der Waals surface area contributed by atoms with Gasteiger partial charge in [0.2, 0.25) is 11.8 Å². The zero-order valence-electron chi connectivity index (χ0n) is 16.3. The molecule has 2 rings (SSSR count). The van der Waals surface area contributed by atoms with Crippen LogP contribution in [0.5, 0.6) is 0 Å². The summed E-state index contributed by atoms with van der Waals surface area (Å²) in [6.45, 7) is 4.52. The van der Waals surface area contributed by atoms with Gasteiger partial charge in [0.15, 0.2) is 0 Å². The van der Waals surface area contributed by atoms with Gasteiger partial charge in [-0.25, -0.2) is 0 Å². The van der Waals surface area contributed by atoms with Crippen molar-refractivity contribution in [3.8, 4) is 6.07 Å². The van der Waals surface area contributed by atoms with Gasteiger partial charge in [0.1, 0.15) is 5.92 Å². The van der Waals surface area contributed by atoms with Crippen molar-refractivity contribution in [3.05, 3.63) is 44.9 Å². The van der Waals surface area contributed by atoms with Crippen LogP contribution in [0.25, 0.3) is 0 Å². The van der Waals surface area contributed by atoms with E-state index in [4.69, 9.17) is 4.74 Å². The fourth-order valence-corrected chi connectivity index (χ4v) is 4.18. The Morgan fingerprint density at radius 3 is 2.72 bits per heavy atom. The Morgan fingerprint density at radius 1 is 1.41 bits per heavy atom. The molecule has 2 amide bonds. The van der Waals surface area contributed by atoms with E-state index in [1.165, 1.54) is 7.11 Å². The summed E-state index contributed by atoms with van der Waals surface area (Å²) in [6.07, 6.45) is 0. The van der Waals surface area contributed by atoms with Crippen LogP contribution >= 0.6 is 27.7 Å². The first-order valence-corrected chi connectivity index (χ1v) is 10.7. The number of nitriles is 1. The van der Waals surface area contributed by atoms with E-state index in [-0.39, 0.29) is 22.3 Å². The Labute approximate surface area is 182 Å². The maximum Gasteiger partial charge on any atom is 0.319 e. The van der Waals surface area contributed by atoms with Gasteiger partial charge in [0.25, 0.3) is 0 Å². The molecule has 2 N–H and O–H groups in total. The summed E-state index contributed by atoms with van der Waals surface area (Å²) in [6, 6.07) is 9.20. The largest absolute Gasteiger partial charge is 0.468 e. The average molecular weight is 480 g/mol. The molecule has 29 heavy (non-hydrogen) atoms. The minimum atomic E-state index is -1.19. The normalized spacial score (nSPS) is 18.8. The van der Waals surface area contributed by atoms with Crippen molar-refractivity contribution < 1.29 is 19.1 Å². The number of rotatable bonds is 7. The molecule has 1 aromatic rings. The lowest BCUT2D eigenvalue weighted by Crippen LogP contribution is -2.44. The molecule has 1 aliphatic heterocycles. The van der Waals surface area contributed by atoms with Crippen LogP contribution in [0, 0.1) is 23.2 Å². The minimum absolute atomic E-state index is 0.0433. The number of benzene rings is 1. The molecule has 0 saturated carbocycles. The number of nitrogens with one attached hydrogen (secondary N) is 2. The van der Waals surface area contributed by atoms with Crippen LogP contribution < -0.4 is 10.6 Å². The Hall–Kier alpha value is -2.31. The average Bonchev–Trinajstić information content (AvgIpc) is 2.69. The van der Waals surface area contributed by atoms with Crippen molar-refractivity contribution >= 4 is 45.5 Å². The fraction of sp³-hybridized carbons (Fsp3) is 0.400. The predicted octanol–water partition coefficient (Wildman–Crippen LogP) is 2.69. The third kappa shape index (κ3) is 5.84. The van der Waals surface area contributed by atoms with Gasteiger partial charge >= 0.3 is 5.97 Å². The van der Waals surface area contributed by atoms with Crippen LogP contribution in [0.3, 0.4) is 0 Å². The third-order valence-electron chi connectivity index (χ3n) is 4.25. The summed E-state index contributed by atoms with van der Waals surface area (Å²) in [4.78, 5) is 37.1. The molecule has 1 aliphatic rings. The molecule has 1 heterocycles. The summed E-state index contributed by atoms with van der Waals surface area (Å²) in [5.41, 5.74) is 0.850. The summed E-state index contributed by atoms with van der Waals surface area (Å²) in [5.74, 6) is -3.12. The predicted molar refractivity (Wildman–Crippen MR) is 113 cm³/mol. The number of hydrogen-bond donors (Lipinski definition) is 2. The number of methoxy groups -OCH3 is 1. The number of carbonyl (C=O) groups excluding carboxylic acids is 3. The highest BCUT2D eigenvalue weighted by molar-refractivity contribution is 9.10. The first kappa shape index (κ1) is 23.0. The Balaban J connectivity index is 2.39. The number of halogens is 1. The monoisotopic (exact) mass is 479 g/mol. The second-order valence-electron chi connectivity index (χ2n) is 6.86. The van der Waals surface area contributed by atoms with Crippen molar-refractivity contribution in [2.45, 2.75) is 19.8 Å². The molecule has 1 aromatic carbocycles. The van der Waals surface area contributed by atoms with Crippen molar-refractivity contribution in [1.82, 2.24) is 10.6 Å². The zero-order valence-corrected chi connectivity index (χ0v) is 18.7. The number of esters is 1. The van der Waals surface area contributed by atoms with Gasteiger partial charge in [0, 0.05) is 16.9 Å². The van der Waals surface area contributed by atoms with E-state index in [0.717, 1.165) is 16.2 Å². The maximum atomic E-state index is 12.7. The van der Waals surface area contributed by atoms with Crippen LogP contribution in [0.1, 0.15) is 25.3 Å². The van der Waals surface area contributed by atoms with Crippen LogP contribution in [0.2, 0.25) is 0 Å². The second kappa shape index (κ2) is 10.5. The van der Waals surface area contributed by atoms with Crippen molar-refractivity contribution in [2.24, 2.45) is 11.8 Å². The molecule has 0 aliphatic carbocycles. The molecule has 7 nitrogen and oxygen atoms in total. The number of thioether (sulfide) groups is 1. The van der Waals surface area contributed by atoms with Crippen LogP contribution in [0.4, 0.5) is 0 Å². The lowest BCUT2D eigenvalue weighted by Gasteiger charge is -2.31. The molecule has 0 radical (unpaired) electrons. The van der Waals surface area contributed by atoms with Gasteiger partial charge < -0.3 is 15.4 Å². The Morgan fingerprint density at radius 2 is 2.14 bits per heavy atom. The summed E-state index contributed by atoms with van der Waals surface area (Å²) < 4.78 is 5.56. The molecular formula is C20H22BrN3O4S. The molecule has 2 atom stereocenters. The van der Waals surface area contributed by atoms with Gasteiger partial charge in [-0.2, -0.15) is 5.26 Å². The number of ether oxygens (including phenoxy) is 1. The maximum absolute atomic E-state index is 12.7. The summed E-state index contributed by atoms with van der Waals surface area (Å²) >= 11 is 4.45. The molecular weight excluding hydrogens is 458 g/mol. The molecule has 0 spiro atoms. The van der Waals surface area contributed by atoms with E-state index in [1.54, 1.807) is 18.2 Å². The van der Waals surface area contributed by atoms with Crippen LogP contribution in [-0.4, -0.2) is 37.2 Å². The highest BCUT2D eigenvalue weighted by Gasteiger charge is 2.44. The van der Waals surface area contributed by atoms with Crippen molar-refractivity contribution in [3.63, 3.8) is 0 Å². The highest BCUT2D eigenvalue weighted by Crippen LogP contribution is 2.40. The lowest BCUT2D eigenvalue weighted by molar-refractivity contribution is -0.150.